The van der Waals surface area contributed by atoms with Gasteiger partial charge in [0, 0.05) is 38.4 Å². The van der Waals surface area contributed by atoms with Crippen molar-refractivity contribution >= 4 is 5.91 Å². The van der Waals surface area contributed by atoms with Crippen molar-refractivity contribution < 1.29 is 4.79 Å². The molecule has 4 heteroatoms. The number of carbonyl (C=O) groups excluding carboxylic acids is 1. The molecule has 0 aliphatic carbocycles. The Bertz CT molecular complexity index is 616. The van der Waals surface area contributed by atoms with Crippen molar-refractivity contribution in [1.29, 1.82) is 0 Å². The molecule has 1 aromatic heterocycles. The Morgan fingerprint density at radius 1 is 1.25 bits per heavy atom. The molecule has 24 heavy (non-hydrogen) atoms. The van der Waals surface area contributed by atoms with Crippen molar-refractivity contribution in [1.82, 2.24) is 14.5 Å². The van der Waals surface area contributed by atoms with E-state index in [9.17, 15) is 4.79 Å². The molecule has 1 aliphatic rings. The highest BCUT2D eigenvalue weighted by Gasteiger charge is 2.23. The third-order valence-corrected chi connectivity index (χ3v) is 5.17. The van der Waals surface area contributed by atoms with Gasteiger partial charge in [-0.3, -0.25) is 4.79 Å². The predicted octanol–water partition coefficient (Wildman–Crippen LogP) is 3.71. The van der Waals surface area contributed by atoms with E-state index in [1.54, 1.807) is 0 Å². The number of likely N-dealkylation sites (tertiary alicyclic amines) is 1. The minimum absolute atomic E-state index is 0.290. The van der Waals surface area contributed by atoms with Crippen LogP contribution in [0.5, 0.6) is 0 Å². The van der Waals surface area contributed by atoms with Gasteiger partial charge in [-0.1, -0.05) is 37.3 Å². The number of hydrogen-bond acceptors (Lipinski definition) is 2. The lowest BCUT2D eigenvalue weighted by molar-refractivity contribution is -0.133. The summed E-state index contributed by atoms with van der Waals surface area (Å²) in [5, 5.41) is 0. The number of benzene rings is 1. The van der Waals surface area contributed by atoms with E-state index in [0.29, 0.717) is 12.3 Å². The van der Waals surface area contributed by atoms with Gasteiger partial charge < -0.3 is 9.47 Å². The molecule has 1 fully saturated rings. The first-order chi connectivity index (χ1) is 11.7. The van der Waals surface area contributed by atoms with Crippen LogP contribution < -0.4 is 0 Å². The van der Waals surface area contributed by atoms with Crippen molar-refractivity contribution in [2.75, 3.05) is 13.1 Å². The summed E-state index contributed by atoms with van der Waals surface area (Å²) in [5.41, 5.74) is 1.25. The van der Waals surface area contributed by atoms with E-state index in [-0.39, 0.29) is 5.92 Å². The highest BCUT2D eigenvalue weighted by molar-refractivity contribution is 5.77. The van der Waals surface area contributed by atoms with Gasteiger partial charge in [-0.05, 0) is 36.7 Å². The van der Waals surface area contributed by atoms with Crippen molar-refractivity contribution in [3.05, 3.63) is 54.6 Å². The maximum atomic E-state index is 12.5. The minimum atomic E-state index is 0.290. The Morgan fingerprint density at radius 3 is 2.67 bits per heavy atom. The number of amides is 1. The molecule has 0 N–H and O–H groups in total. The number of aromatic nitrogens is 2. The summed E-state index contributed by atoms with van der Waals surface area (Å²) in [6, 6.07) is 10.3. The predicted molar refractivity (Wildman–Crippen MR) is 95.6 cm³/mol. The molecule has 2 aromatic rings. The molecule has 0 radical (unpaired) electrons. The number of hydrogen-bond donors (Lipinski definition) is 0. The summed E-state index contributed by atoms with van der Waals surface area (Å²) in [6.45, 7) is 5.00. The van der Waals surface area contributed by atoms with Crippen LogP contribution in [0, 0.1) is 5.92 Å². The second kappa shape index (κ2) is 8.13. The zero-order chi connectivity index (χ0) is 16.8. The molecule has 3 rings (SSSR count). The van der Waals surface area contributed by atoms with Crippen LogP contribution in [0.25, 0.3) is 0 Å². The molecule has 1 saturated heterocycles. The molecular formula is C20H27N3O. The van der Waals surface area contributed by atoms with Crippen molar-refractivity contribution in [3.63, 3.8) is 0 Å². The fraction of sp³-hybridized carbons (Fsp3) is 0.500. The van der Waals surface area contributed by atoms with E-state index >= 15 is 0 Å². The molecule has 2 heterocycles. The molecule has 0 spiro atoms. The number of rotatable bonds is 6. The molecule has 1 aliphatic heterocycles. The molecule has 128 valence electrons. The van der Waals surface area contributed by atoms with Gasteiger partial charge in [-0.2, -0.15) is 0 Å². The second-order valence-electron chi connectivity index (χ2n) is 6.93. The van der Waals surface area contributed by atoms with E-state index in [1.165, 1.54) is 12.0 Å². The monoisotopic (exact) mass is 325 g/mol. The quantitative estimate of drug-likeness (QED) is 0.812. The summed E-state index contributed by atoms with van der Waals surface area (Å²) in [4.78, 5) is 18.7. The van der Waals surface area contributed by atoms with Crippen LogP contribution >= 0.6 is 0 Å². The molecule has 1 unspecified atom stereocenters. The van der Waals surface area contributed by atoms with Crippen LogP contribution in [-0.2, 0) is 11.3 Å². The standard InChI is InChI=1S/C20H27N3O/c1-17(19-5-3-2-4-6-19)15-20(24)23-12-8-18(9-13-23)7-11-22-14-10-21-16-22/h2-6,10,14,16-18H,7-9,11-13,15H2,1H3. The zero-order valence-corrected chi connectivity index (χ0v) is 14.5. The van der Waals surface area contributed by atoms with Crippen LogP contribution in [0.2, 0.25) is 0 Å². The number of imidazole rings is 1. The molecule has 1 aromatic carbocycles. The maximum absolute atomic E-state index is 12.5. The first-order valence-electron chi connectivity index (χ1n) is 9.01. The fourth-order valence-corrected chi connectivity index (χ4v) is 3.51. The molecule has 0 saturated carbocycles. The first kappa shape index (κ1) is 16.7. The van der Waals surface area contributed by atoms with Gasteiger partial charge in [0.1, 0.15) is 0 Å². The first-order valence-corrected chi connectivity index (χ1v) is 9.01. The topological polar surface area (TPSA) is 38.1 Å². The van der Waals surface area contributed by atoms with Crippen LogP contribution in [0.1, 0.15) is 44.1 Å². The van der Waals surface area contributed by atoms with Gasteiger partial charge in [0.15, 0.2) is 0 Å². The molecular weight excluding hydrogens is 298 g/mol. The van der Waals surface area contributed by atoms with E-state index in [2.05, 4.69) is 33.5 Å². The largest absolute Gasteiger partial charge is 0.343 e. The van der Waals surface area contributed by atoms with Gasteiger partial charge in [-0.25, -0.2) is 4.98 Å². The highest BCUT2D eigenvalue weighted by atomic mass is 16.2. The Balaban J connectivity index is 1.41. The average molecular weight is 325 g/mol. The average Bonchev–Trinajstić information content (AvgIpc) is 3.14. The summed E-state index contributed by atoms with van der Waals surface area (Å²) in [7, 11) is 0. The third-order valence-electron chi connectivity index (χ3n) is 5.17. The normalized spacial score (nSPS) is 17.0. The van der Waals surface area contributed by atoms with Crippen LogP contribution in [0.4, 0.5) is 0 Å². The molecule has 1 amide bonds. The lowest BCUT2D eigenvalue weighted by Gasteiger charge is -2.32. The maximum Gasteiger partial charge on any atom is 0.223 e. The SMILES string of the molecule is CC(CC(=O)N1CCC(CCn2ccnc2)CC1)c1ccccc1. The summed E-state index contributed by atoms with van der Waals surface area (Å²) in [6.07, 6.45) is 9.77. The van der Waals surface area contributed by atoms with Gasteiger partial charge in [0.25, 0.3) is 0 Å². The number of nitrogens with zero attached hydrogens (tertiary/aromatic N) is 3. The van der Waals surface area contributed by atoms with Crippen molar-refractivity contribution in [3.8, 4) is 0 Å². The number of piperidine rings is 1. The van der Waals surface area contributed by atoms with E-state index in [0.717, 1.165) is 38.4 Å². The summed E-state index contributed by atoms with van der Waals surface area (Å²) in [5.74, 6) is 1.32. The molecule has 4 nitrogen and oxygen atoms in total. The van der Waals surface area contributed by atoms with E-state index in [1.807, 2.05) is 36.9 Å². The smallest absolute Gasteiger partial charge is 0.223 e. The molecule has 0 bridgehead atoms. The lowest BCUT2D eigenvalue weighted by Crippen LogP contribution is -2.39. The Labute approximate surface area is 144 Å². The van der Waals surface area contributed by atoms with Crippen LogP contribution in [0.3, 0.4) is 0 Å². The Hall–Kier alpha value is -2.10. The van der Waals surface area contributed by atoms with Gasteiger partial charge in [0.2, 0.25) is 5.91 Å². The van der Waals surface area contributed by atoms with Crippen molar-refractivity contribution in [2.24, 2.45) is 5.92 Å². The van der Waals surface area contributed by atoms with Gasteiger partial charge in [-0.15, -0.1) is 0 Å². The van der Waals surface area contributed by atoms with Crippen LogP contribution in [0.15, 0.2) is 49.1 Å². The Morgan fingerprint density at radius 2 is 2.00 bits per heavy atom. The minimum Gasteiger partial charge on any atom is -0.343 e. The van der Waals surface area contributed by atoms with E-state index in [4.69, 9.17) is 0 Å². The lowest BCUT2D eigenvalue weighted by atomic mass is 9.92. The summed E-state index contributed by atoms with van der Waals surface area (Å²) >= 11 is 0. The highest BCUT2D eigenvalue weighted by Crippen LogP contribution is 2.24. The molecule has 1 atom stereocenters. The van der Waals surface area contributed by atoms with Gasteiger partial charge in [0.05, 0.1) is 6.33 Å². The third kappa shape index (κ3) is 4.47. The number of carbonyl (C=O) groups is 1. The Kier molecular flexibility index (Phi) is 5.68. The van der Waals surface area contributed by atoms with Crippen LogP contribution in [-0.4, -0.2) is 33.4 Å². The van der Waals surface area contributed by atoms with E-state index < -0.39 is 0 Å². The zero-order valence-electron chi connectivity index (χ0n) is 14.5. The van der Waals surface area contributed by atoms with Crippen molar-refractivity contribution in [2.45, 2.75) is 45.1 Å². The second-order valence-corrected chi connectivity index (χ2v) is 6.93. The number of aryl methyl sites for hydroxylation is 1. The van der Waals surface area contributed by atoms with Gasteiger partial charge >= 0.3 is 0 Å². The summed E-state index contributed by atoms with van der Waals surface area (Å²) < 4.78 is 2.14. The fourth-order valence-electron chi connectivity index (χ4n) is 3.51.